The van der Waals surface area contributed by atoms with Crippen LogP contribution in [0.15, 0.2) is 0 Å². The third-order valence-corrected chi connectivity index (χ3v) is 4.44. The Morgan fingerprint density at radius 2 is 2.18 bits per heavy atom. The number of amides is 1. The van der Waals surface area contributed by atoms with Crippen LogP contribution in [0.25, 0.3) is 0 Å². The molecule has 0 radical (unpaired) electrons. The van der Waals surface area contributed by atoms with Crippen molar-refractivity contribution in [1.29, 1.82) is 0 Å². The van der Waals surface area contributed by atoms with Gasteiger partial charge in [0, 0.05) is 17.8 Å². The predicted molar refractivity (Wildman–Crippen MR) is 76.3 cm³/mol. The van der Waals surface area contributed by atoms with Crippen molar-refractivity contribution in [2.45, 2.75) is 52.4 Å². The molecule has 0 spiro atoms. The highest BCUT2D eigenvalue weighted by molar-refractivity contribution is 9.09. The molecule has 3 unspecified atom stereocenters. The standard InChI is InChI=1S/C14H26BrNO/c1-3-5-12(8-9-15)10-16-14(17)13-7-4-6-11(13)2/h11-13H,3-10H2,1-2H3,(H,16,17). The summed E-state index contributed by atoms with van der Waals surface area (Å²) in [6.45, 7) is 5.28. The van der Waals surface area contributed by atoms with Crippen molar-refractivity contribution in [3.8, 4) is 0 Å². The Morgan fingerprint density at radius 3 is 2.71 bits per heavy atom. The number of hydrogen-bond acceptors (Lipinski definition) is 1. The van der Waals surface area contributed by atoms with E-state index in [0.29, 0.717) is 17.7 Å². The van der Waals surface area contributed by atoms with Crippen molar-refractivity contribution < 1.29 is 4.79 Å². The van der Waals surface area contributed by atoms with Crippen LogP contribution in [0.1, 0.15) is 52.4 Å². The molecule has 0 saturated heterocycles. The highest BCUT2D eigenvalue weighted by atomic mass is 79.9. The van der Waals surface area contributed by atoms with Crippen LogP contribution in [0, 0.1) is 17.8 Å². The van der Waals surface area contributed by atoms with E-state index >= 15 is 0 Å². The summed E-state index contributed by atoms with van der Waals surface area (Å²) >= 11 is 3.49. The van der Waals surface area contributed by atoms with Gasteiger partial charge in [0.15, 0.2) is 0 Å². The molecule has 1 aliphatic carbocycles. The van der Waals surface area contributed by atoms with Gasteiger partial charge in [0.1, 0.15) is 0 Å². The third-order valence-electron chi connectivity index (χ3n) is 3.98. The summed E-state index contributed by atoms with van der Waals surface area (Å²) in [6, 6.07) is 0. The van der Waals surface area contributed by atoms with Crippen LogP contribution in [0.2, 0.25) is 0 Å². The molecular formula is C14H26BrNO. The minimum absolute atomic E-state index is 0.279. The fraction of sp³-hybridized carbons (Fsp3) is 0.929. The number of halogens is 1. The second-order valence-corrected chi connectivity index (χ2v) is 6.19. The summed E-state index contributed by atoms with van der Waals surface area (Å²) in [5.41, 5.74) is 0. The third kappa shape index (κ3) is 4.99. The fourth-order valence-electron chi connectivity index (χ4n) is 2.82. The van der Waals surface area contributed by atoms with Crippen LogP contribution in [-0.2, 0) is 4.79 Å². The van der Waals surface area contributed by atoms with Crippen molar-refractivity contribution in [3.63, 3.8) is 0 Å². The maximum Gasteiger partial charge on any atom is 0.223 e. The van der Waals surface area contributed by atoms with E-state index in [1.54, 1.807) is 0 Å². The fourth-order valence-corrected chi connectivity index (χ4v) is 3.47. The van der Waals surface area contributed by atoms with Crippen molar-refractivity contribution in [2.75, 3.05) is 11.9 Å². The molecule has 3 atom stereocenters. The number of alkyl halides is 1. The lowest BCUT2D eigenvalue weighted by atomic mass is 9.96. The Kier molecular flexibility index (Phi) is 7.17. The van der Waals surface area contributed by atoms with Crippen molar-refractivity contribution in [3.05, 3.63) is 0 Å². The number of hydrogen-bond donors (Lipinski definition) is 1. The van der Waals surface area contributed by atoms with Crippen LogP contribution < -0.4 is 5.32 Å². The monoisotopic (exact) mass is 303 g/mol. The molecule has 1 rings (SSSR count). The Bertz CT molecular complexity index is 226. The van der Waals surface area contributed by atoms with E-state index in [1.807, 2.05) is 0 Å². The van der Waals surface area contributed by atoms with Crippen molar-refractivity contribution >= 4 is 21.8 Å². The highest BCUT2D eigenvalue weighted by Crippen LogP contribution is 2.31. The average molecular weight is 304 g/mol. The molecule has 2 nitrogen and oxygen atoms in total. The molecule has 1 aliphatic rings. The number of rotatable bonds is 7. The minimum atomic E-state index is 0.279. The molecule has 0 aromatic rings. The van der Waals surface area contributed by atoms with Crippen LogP contribution in [0.3, 0.4) is 0 Å². The molecule has 1 N–H and O–H groups in total. The van der Waals surface area contributed by atoms with Gasteiger partial charge in [-0.25, -0.2) is 0 Å². The molecule has 1 fully saturated rings. The first kappa shape index (κ1) is 15.0. The molecule has 0 aromatic heterocycles. The van der Waals surface area contributed by atoms with E-state index in [-0.39, 0.29) is 5.92 Å². The Balaban J connectivity index is 2.29. The van der Waals surface area contributed by atoms with Gasteiger partial charge in [-0.1, -0.05) is 42.6 Å². The van der Waals surface area contributed by atoms with Gasteiger partial charge >= 0.3 is 0 Å². The Labute approximate surface area is 114 Å². The quantitative estimate of drug-likeness (QED) is 0.713. The maximum absolute atomic E-state index is 12.0. The molecule has 0 bridgehead atoms. The molecule has 100 valence electrons. The van der Waals surface area contributed by atoms with Crippen LogP contribution in [0.4, 0.5) is 0 Å². The first-order valence-electron chi connectivity index (χ1n) is 7.02. The lowest BCUT2D eigenvalue weighted by molar-refractivity contribution is -0.126. The molecule has 0 aromatic carbocycles. The lowest BCUT2D eigenvalue weighted by Crippen LogP contribution is -2.35. The first-order valence-corrected chi connectivity index (χ1v) is 8.14. The van der Waals surface area contributed by atoms with Gasteiger partial charge in [0.25, 0.3) is 0 Å². The predicted octanol–water partition coefficient (Wildman–Crippen LogP) is 3.74. The van der Waals surface area contributed by atoms with Gasteiger partial charge in [-0.15, -0.1) is 0 Å². The largest absolute Gasteiger partial charge is 0.356 e. The van der Waals surface area contributed by atoms with E-state index in [0.717, 1.165) is 24.7 Å². The Hall–Kier alpha value is -0.0500. The second-order valence-electron chi connectivity index (χ2n) is 5.39. The molecule has 1 saturated carbocycles. The molecule has 0 aliphatic heterocycles. The molecule has 3 heteroatoms. The smallest absolute Gasteiger partial charge is 0.223 e. The Morgan fingerprint density at radius 1 is 1.41 bits per heavy atom. The van der Waals surface area contributed by atoms with Gasteiger partial charge in [-0.2, -0.15) is 0 Å². The number of nitrogens with one attached hydrogen (secondary N) is 1. The summed E-state index contributed by atoms with van der Waals surface area (Å²) in [7, 11) is 0. The highest BCUT2D eigenvalue weighted by Gasteiger charge is 2.29. The number of carbonyl (C=O) groups is 1. The lowest BCUT2D eigenvalue weighted by Gasteiger charge is -2.19. The SMILES string of the molecule is CCCC(CCBr)CNC(=O)C1CCCC1C. The molecular weight excluding hydrogens is 278 g/mol. The van der Waals surface area contributed by atoms with Gasteiger partial charge in [-0.3, -0.25) is 4.79 Å². The van der Waals surface area contributed by atoms with Gasteiger partial charge in [-0.05, 0) is 37.5 Å². The number of carbonyl (C=O) groups excluding carboxylic acids is 1. The molecule has 1 amide bonds. The van der Waals surface area contributed by atoms with Crippen molar-refractivity contribution in [1.82, 2.24) is 5.32 Å². The van der Waals surface area contributed by atoms with Gasteiger partial charge in [0.2, 0.25) is 5.91 Å². The van der Waals surface area contributed by atoms with E-state index in [1.165, 1.54) is 25.7 Å². The summed E-state index contributed by atoms with van der Waals surface area (Å²) in [6.07, 6.45) is 7.11. The topological polar surface area (TPSA) is 29.1 Å². The maximum atomic E-state index is 12.0. The van der Waals surface area contributed by atoms with Gasteiger partial charge in [0.05, 0.1) is 0 Å². The second kappa shape index (κ2) is 8.12. The summed E-state index contributed by atoms with van der Waals surface area (Å²) in [5.74, 6) is 1.79. The molecule has 17 heavy (non-hydrogen) atoms. The summed E-state index contributed by atoms with van der Waals surface area (Å²) in [5, 5.41) is 4.20. The van der Waals surface area contributed by atoms with Crippen LogP contribution in [-0.4, -0.2) is 17.8 Å². The molecule has 0 heterocycles. The normalized spacial score (nSPS) is 25.8. The van der Waals surface area contributed by atoms with Crippen LogP contribution >= 0.6 is 15.9 Å². The zero-order valence-corrected chi connectivity index (χ0v) is 12.8. The van der Waals surface area contributed by atoms with E-state index in [4.69, 9.17) is 0 Å². The van der Waals surface area contributed by atoms with E-state index in [9.17, 15) is 4.79 Å². The van der Waals surface area contributed by atoms with Crippen molar-refractivity contribution in [2.24, 2.45) is 17.8 Å². The first-order chi connectivity index (χ1) is 8.19. The zero-order valence-electron chi connectivity index (χ0n) is 11.2. The average Bonchev–Trinajstić information content (AvgIpc) is 2.72. The summed E-state index contributed by atoms with van der Waals surface area (Å²) < 4.78 is 0. The minimum Gasteiger partial charge on any atom is -0.356 e. The van der Waals surface area contributed by atoms with Gasteiger partial charge < -0.3 is 5.32 Å². The zero-order chi connectivity index (χ0) is 12.7. The summed E-state index contributed by atoms with van der Waals surface area (Å²) in [4.78, 5) is 12.0. The van der Waals surface area contributed by atoms with E-state index < -0.39 is 0 Å². The van der Waals surface area contributed by atoms with E-state index in [2.05, 4.69) is 35.1 Å². The van der Waals surface area contributed by atoms with Crippen LogP contribution in [0.5, 0.6) is 0 Å².